The molecule has 4 aromatic rings. The monoisotopic (exact) mass is 417 g/mol. The van der Waals surface area contributed by atoms with Crippen molar-refractivity contribution >= 4 is 11.6 Å². The highest BCUT2D eigenvalue weighted by atomic mass is 16.5. The van der Waals surface area contributed by atoms with E-state index in [1.807, 2.05) is 52.0 Å². The van der Waals surface area contributed by atoms with Crippen LogP contribution in [0.15, 0.2) is 53.2 Å². The van der Waals surface area contributed by atoms with Crippen molar-refractivity contribution in [2.24, 2.45) is 0 Å². The van der Waals surface area contributed by atoms with Gasteiger partial charge in [-0.2, -0.15) is 5.10 Å². The first-order chi connectivity index (χ1) is 15.1. The van der Waals surface area contributed by atoms with Gasteiger partial charge < -0.3 is 14.2 Å². The average Bonchev–Trinajstić information content (AvgIpc) is 3.44. The number of fused-ring (bicyclic) bond motifs is 1. The predicted octanol–water partition coefficient (Wildman–Crippen LogP) is 3.72. The number of amides is 1. The Morgan fingerprint density at radius 3 is 2.90 bits per heavy atom. The lowest BCUT2D eigenvalue weighted by atomic mass is 9.97. The first-order valence-corrected chi connectivity index (χ1v) is 10.3. The summed E-state index contributed by atoms with van der Waals surface area (Å²) in [6.07, 6.45) is 3.82. The number of likely N-dealkylation sites (tertiary alicyclic amines) is 1. The maximum Gasteiger partial charge on any atom is 0.292 e. The highest BCUT2D eigenvalue weighted by molar-refractivity contribution is 5.91. The molecule has 1 aliphatic rings. The molecule has 31 heavy (non-hydrogen) atoms. The lowest BCUT2D eigenvalue weighted by Crippen LogP contribution is -2.39. The molecule has 158 valence electrons. The van der Waals surface area contributed by atoms with Crippen LogP contribution < -0.4 is 4.74 Å². The highest BCUT2D eigenvalue weighted by Crippen LogP contribution is 2.28. The zero-order chi connectivity index (χ0) is 21.4. The van der Waals surface area contributed by atoms with E-state index in [9.17, 15) is 4.79 Å². The standard InChI is InChI=1S/C23H23N5O3/c1-15-11-20(31-26-15)23(29)27-10-4-6-18(13-27)22-24-21-9-8-17(14-28(21)25-22)16-5-3-7-19(12-16)30-2/h3,5,7-9,11-12,14,18H,4,6,10,13H2,1-2H3/t18-/m1/s1. The van der Waals surface area contributed by atoms with E-state index >= 15 is 0 Å². The summed E-state index contributed by atoms with van der Waals surface area (Å²) in [7, 11) is 1.66. The van der Waals surface area contributed by atoms with Gasteiger partial charge in [-0.05, 0) is 49.6 Å². The van der Waals surface area contributed by atoms with Crippen molar-refractivity contribution in [3.8, 4) is 16.9 Å². The lowest BCUT2D eigenvalue weighted by molar-refractivity contribution is 0.0662. The Hall–Kier alpha value is -3.68. The predicted molar refractivity (Wildman–Crippen MR) is 114 cm³/mol. The van der Waals surface area contributed by atoms with Gasteiger partial charge in [-0.25, -0.2) is 9.50 Å². The summed E-state index contributed by atoms with van der Waals surface area (Å²) in [6.45, 7) is 3.07. The molecule has 1 atom stereocenters. The summed E-state index contributed by atoms with van der Waals surface area (Å²) in [5.41, 5.74) is 3.57. The van der Waals surface area contributed by atoms with E-state index in [4.69, 9.17) is 19.3 Å². The Morgan fingerprint density at radius 2 is 2.10 bits per heavy atom. The van der Waals surface area contributed by atoms with Gasteiger partial charge in [0.2, 0.25) is 5.76 Å². The number of hydrogen-bond acceptors (Lipinski definition) is 6. The number of carbonyl (C=O) groups is 1. The third-order valence-corrected chi connectivity index (χ3v) is 5.66. The molecule has 1 fully saturated rings. The van der Waals surface area contributed by atoms with Crippen LogP contribution in [-0.4, -0.2) is 50.8 Å². The molecule has 8 nitrogen and oxygen atoms in total. The van der Waals surface area contributed by atoms with Gasteiger partial charge in [0.05, 0.1) is 12.8 Å². The summed E-state index contributed by atoms with van der Waals surface area (Å²) >= 11 is 0. The topological polar surface area (TPSA) is 85.8 Å². The maximum absolute atomic E-state index is 12.8. The van der Waals surface area contributed by atoms with Gasteiger partial charge in [0.25, 0.3) is 5.91 Å². The number of ether oxygens (including phenoxy) is 1. The molecule has 0 radical (unpaired) electrons. The van der Waals surface area contributed by atoms with Gasteiger partial charge in [0, 0.05) is 36.8 Å². The number of piperidine rings is 1. The molecule has 0 aliphatic carbocycles. The van der Waals surface area contributed by atoms with E-state index in [0.717, 1.165) is 41.2 Å². The third kappa shape index (κ3) is 3.76. The third-order valence-electron chi connectivity index (χ3n) is 5.66. The fraction of sp³-hybridized carbons (Fsp3) is 0.304. The summed E-state index contributed by atoms with van der Waals surface area (Å²) in [4.78, 5) is 19.3. The summed E-state index contributed by atoms with van der Waals surface area (Å²) in [5.74, 6) is 1.81. The zero-order valence-corrected chi connectivity index (χ0v) is 17.5. The molecule has 1 saturated heterocycles. The molecule has 0 unspecified atom stereocenters. The van der Waals surface area contributed by atoms with Crippen molar-refractivity contribution in [2.45, 2.75) is 25.7 Å². The number of aromatic nitrogens is 4. The fourth-order valence-corrected chi connectivity index (χ4v) is 4.04. The molecule has 0 bridgehead atoms. The van der Waals surface area contributed by atoms with Crippen molar-refractivity contribution < 1.29 is 14.1 Å². The van der Waals surface area contributed by atoms with Crippen LogP contribution in [0.1, 0.15) is 40.8 Å². The number of rotatable bonds is 4. The van der Waals surface area contributed by atoms with Gasteiger partial charge in [-0.3, -0.25) is 4.79 Å². The lowest BCUT2D eigenvalue weighted by Gasteiger charge is -2.30. The van der Waals surface area contributed by atoms with Gasteiger partial charge in [-0.1, -0.05) is 17.3 Å². The second-order valence-corrected chi connectivity index (χ2v) is 7.85. The largest absolute Gasteiger partial charge is 0.497 e. The molecule has 1 amide bonds. The minimum absolute atomic E-state index is 0.0851. The van der Waals surface area contributed by atoms with E-state index in [-0.39, 0.29) is 17.6 Å². The van der Waals surface area contributed by atoms with Crippen LogP contribution in [0.25, 0.3) is 16.8 Å². The SMILES string of the molecule is COc1cccc(-c2ccc3nc([C@@H]4CCCN(C(=O)c5cc(C)no5)C4)nn3c2)c1. The molecule has 8 heteroatoms. The van der Waals surface area contributed by atoms with Crippen molar-refractivity contribution in [3.05, 3.63) is 65.9 Å². The van der Waals surface area contributed by atoms with Crippen LogP contribution in [0, 0.1) is 6.92 Å². The van der Waals surface area contributed by atoms with E-state index in [1.54, 1.807) is 20.1 Å². The Morgan fingerprint density at radius 1 is 1.19 bits per heavy atom. The van der Waals surface area contributed by atoms with E-state index in [1.165, 1.54) is 0 Å². The molecule has 1 aliphatic heterocycles. The van der Waals surface area contributed by atoms with Gasteiger partial charge in [0.1, 0.15) is 5.75 Å². The van der Waals surface area contributed by atoms with Gasteiger partial charge in [-0.15, -0.1) is 0 Å². The highest BCUT2D eigenvalue weighted by Gasteiger charge is 2.29. The number of benzene rings is 1. The van der Waals surface area contributed by atoms with Crippen LogP contribution in [0.5, 0.6) is 5.75 Å². The Balaban J connectivity index is 1.39. The number of nitrogens with zero attached hydrogens (tertiary/aromatic N) is 5. The minimum atomic E-state index is -0.130. The Bertz CT molecular complexity index is 1240. The van der Waals surface area contributed by atoms with E-state index in [2.05, 4.69) is 5.16 Å². The normalized spacial score (nSPS) is 16.6. The maximum atomic E-state index is 12.8. The van der Waals surface area contributed by atoms with Crippen LogP contribution in [0.3, 0.4) is 0 Å². The molecule has 0 N–H and O–H groups in total. The summed E-state index contributed by atoms with van der Waals surface area (Å²) < 4.78 is 12.3. The van der Waals surface area contributed by atoms with Gasteiger partial charge >= 0.3 is 0 Å². The summed E-state index contributed by atoms with van der Waals surface area (Å²) in [6, 6.07) is 13.6. The molecular weight excluding hydrogens is 394 g/mol. The number of hydrogen-bond donors (Lipinski definition) is 0. The number of carbonyl (C=O) groups excluding carboxylic acids is 1. The van der Waals surface area contributed by atoms with Crippen molar-refractivity contribution in [1.29, 1.82) is 0 Å². The van der Waals surface area contributed by atoms with Crippen LogP contribution in [0.4, 0.5) is 0 Å². The smallest absolute Gasteiger partial charge is 0.292 e. The molecule has 3 aromatic heterocycles. The fourth-order valence-electron chi connectivity index (χ4n) is 4.04. The molecule has 1 aromatic carbocycles. The zero-order valence-electron chi connectivity index (χ0n) is 17.5. The average molecular weight is 417 g/mol. The quantitative estimate of drug-likeness (QED) is 0.503. The van der Waals surface area contributed by atoms with Crippen molar-refractivity contribution in [1.82, 2.24) is 24.7 Å². The number of pyridine rings is 1. The molecule has 5 rings (SSSR count). The van der Waals surface area contributed by atoms with Crippen molar-refractivity contribution in [2.75, 3.05) is 20.2 Å². The van der Waals surface area contributed by atoms with Crippen LogP contribution in [0.2, 0.25) is 0 Å². The van der Waals surface area contributed by atoms with E-state index < -0.39 is 0 Å². The first-order valence-electron chi connectivity index (χ1n) is 10.3. The van der Waals surface area contributed by atoms with Gasteiger partial charge in [0.15, 0.2) is 11.5 Å². The second-order valence-electron chi connectivity index (χ2n) is 7.85. The van der Waals surface area contributed by atoms with Crippen molar-refractivity contribution in [3.63, 3.8) is 0 Å². The summed E-state index contributed by atoms with van der Waals surface area (Å²) in [5, 5.41) is 8.56. The molecule has 0 saturated carbocycles. The van der Waals surface area contributed by atoms with E-state index in [0.29, 0.717) is 18.8 Å². The molecule has 0 spiro atoms. The Labute approximate surface area is 179 Å². The molecule has 4 heterocycles. The van der Waals surface area contributed by atoms with Crippen LogP contribution in [-0.2, 0) is 0 Å². The number of aryl methyl sites for hydroxylation is 1. The molecular formula is C23H23N5O3. The number of methoxy groups -OCH3 is 1. The first kappa shape index (κ1) is 19.3. The second kappa shape index (κ2) is 7.86. The Kier molecular flexibility index (Phi) is 4.89. The van der Waals surface area contributed by atoms with Crippen LogP contribution >= 0.6 is 0 Å². The minimum Gasteiger partial charge on any atom is -0.497 e.